The Hall–Kier alpha value is -3.75. The number of amides is 1. The van der Waals surface area contributed by atoms with Gasteiger partial charge in [-0.05, 0) is 43.3 Å². The molecule has 0 aliphatic carbocycles. The summed E-state index contributed by atoms with van der Waals surface area (Å²) in [4.78, 5) is 16.7. The van der Waals surface area contributed by atoms with E-state index in [4.69, 9.17) is 9.26 Å². The molecule has 0 radical (unpaired) electrons. The molecule has 9 heteroatoms. The topological polar surface area (TPSA) is 108 Å². The van der Waals surface area contributed by atoms with Crippen LogP contribution >= 0.6 is 0 Å². The highest BCUT2D eigenvalue weighted by Gasteiger charge is 2.17. The van der Waals surface area contributed by atoms with Gasteiger partial charge in [-0.1, -0.05) is 22.5 Å². The Morgan fingerprint density at radius 2 is 2.00 bits per heavy atom. The third-order valence-electron chi connectivity index (χ3n) is 4.51. The van der Waals surface area contributed by atoms with Gasteiger partial charge in [0.25, 0.3) is 0 Å². The van der Waals surface area contributed by atoms with Crippen molar-refractivity contribution in [3.8, 4) is 17.1 Å². The smallest absolute Gasteiger partial charge is 0.249 e. The summed E-state index contributed by atoms with van der Waals surface area (Å²) in [5.41, 5.74) is 2.50. The maximum Gasteiger partial charge on any atom is 0.249 e. The van der Waals surface area contributed by atoms with Crippen LogP contribution in [0.15, 0.2) is 53.1 Å². The van der Waals surface area contributed by atoms with E-state index in [0.717, 1.165) is 22.3 Å². The fourth-order valence-electron chi connectivity index (χ4n) is 2.93. The van der Waals surface area contributed by atoms with Crippen molar-refractivity contribution in [1.82, 2.24) is 30.5 Å². The standard InChI is InChI=1S/C20H20N6O3/c1-13(20-22-19(24-29-20)14-7-9-15(28-2)10-8-14)21-18(27)11-12-26-17-6-4-3-5-16(17)23-25-26/h3-10,13H,11-12H2,1-2H3,(H,21,27)/t13-/m0/s1. The Bertz CT molecular complexity index is 1120. The van der Waals surface area contributed by atoms with E-state index >= 15 is 0 Å². The highest BCUT2D eigenvalue weighted by atomic mass is 16.5. The largest absolute Gasteiger partial charge is 0.497 e. The zero-order chi connectivity index (χ0) is 20.2. The van der Waals surface area contributed by atoms with E-state index in [1.807, 2.05) is 48.5 Å². The zero-order valence-corrected chi connectivity index (χ0v) is 16.1. The van der Waals surface area contributed by atoms with Crippen molar-refractivity contribution in [3.05, 3.63) is 54.4 Å². The molecule has 0 fully saturated rings. The Morgan fingerprint density at radius 1 is 1.21 bits per heavy atom. The van der Waals surface area contributed by atoms with Gasteiger partial charge in [0.2, 0.25) is 17.6 Å². The number of carbonyl (C=O) groups excluding carboxylic acids is 1. The number of hydrogen-bond donors (Lipinski definition) is 1. The maximum atomic E-state index is 12.3. The fraction of sp³-hybridized carbons (Fsp3) is 0.250. The van der Waals surface area contributed by atoms with E-state index in [0.29, 0.717) is 18.3 Å². The van der Waals surface area contributed by atoms with Crippen LogP contribution in [0.25, 0.3) is 22.4 Å². The van der Waals surface area contributed by atoms with Crippen molar-refractivity contribution in [2.45, 2.75) is 25.9 Å². The zero-order valence-electron chi connectivity index (χ0n) is 16.1. The monoisotopic (exact) mass is 392 g/mol. The molecule has 9 nitrogen and oxygen atoms in total. The van der Waals surface area contributed by atoms with E-state index in [9.17, 15) is 4.79 Å². The molecular formula is C20H20N6O3. The number of nitrogens with zero attached hydrogens (tertiary/aromatic N) is 5. The summed E-state index contributed by atoms with van der Waals surface area (Å²) in [7, 11) is 1.61. The Balaban J connectivity index is 1.35. The first-order chi connectivity index (χ1) is 14.1. The molecule has 0 unspecified atom stereocenters. The van der Waals surface area contributed by atoms with Gasteiger partial charge in [0.15, 0.2) is 0 Å². The first kappa shape index (κ1) is 18.6. The van der Waals surface area contributed by atoms with Crippen LogP contribution in [0, 0.1) is 0 Å². The van der Waals surface area contributed by atoms with E-state index in [1.165, 1.54) is 0 Å². The van der Waals surface area contributed by atoms with Crippen molar-refractivity contribution in [2.24, 2.45) is 0 Å². The number of hydrogen-bond acceptors (Lipinski definition) is 7. The average molecular weight is 392 g/mol. The second-order valence-electron chi connectivity index (χ2n) is 6.53. The Labute approximate surface area is 166 Å². The second-order valence-corrected chi connectivity index (χ2v) is 6.53. The summed E-state index contributed by atoms with van der Waals surface area (Å²) in [6, 6.07) is 14.6. The quantitative estimate of drug-likeness (QED) is 0.515. The highest BCUT2D eigenvalue weighted by Crippen LogP contribution is 2.21. The summed E-state index contributed by atoms with van der Waals surface area (Å²) in [5, 5.41) is 15.0. The lowest BCUT2D eigenvalue weighted by molar-refractivity contribution is -0.122. The lowest BCUT2D eigenvalue weighted by Crippen LogP contribution is -2.27. The molecule has 1 atom stereocenters. The van der Waals surface area contributed by atoms with Crippen molar-refractivity contribution >= 4 is 16.9 Å². The molecule has 2 aromatic carbocycles. The number of rotatable bonds is 7. The minimum atomic E-state index is -0.408. The van der Waals surface area contributed by atoms with Crippen LogP contribution in [-0.2, 0) is 11.3 Å². The lowest BCUT2D eigenvalue weighted by Gasteiger charge is -2.09. The van der Waals surface area contributed by atoms with Crippen LogP contribution in [0.2, 0.25) is 0 Å². The molecule has 29 heavy (non-hydrogen) atoms. The highest BCUT2D eigenvalue weighted by molar-refractivity contribution is 5.77. The summed E-state index contributed by atoms with van der Waals surface area (Å²) in [6.07, 6.45) is 0.261. The van der Waals surface area contributed by atoms with Gasteiger partial charge < -0.3 is 14.6 Å². The lowest BCUT2D eigenvalue weighted by atomic mass is 10.2. The van der Waals surface area contributed by atoms with E-state index < -0.39 is 6.04 Å². The number of carbonyl (C=O) groups is 1. The molecule has 4 rings (SSSR count). The molecule has 2 aromatic heterocycles. The Morgan fingerprint density at radius 3 is 2.79 bits per heavy atom. The SMILES string of the molecule is COc1ccc(-c2noc([C@H](C)NC(=O)CCn3nnc4ccccc43)n2)cc1. The number of para-hydroxylation sites is 1. The molecule has 0 aliphatic rings. The summed E-state index contributed by atoms with van der Waals surface area (Å²) < 4.78 is 12.2. The Kier molecular flexibility index (Phi) is 5.19. The van der Waals surface area contributed by atoms with Crippen molar-refractivity contribution in [2.75, 3.05) is 7.11 Å². The summed E-state index contributed by atoms with van der Waals surface area (Å²) in [5.74, 6) is 1.41. The van der Waals surface area contributed by atoms with E-state index in [2.05, 4.69) is 25.8 Å². The number of fused-ring (bicyclic) bond motifs is 1. The number of aryl methyl sites for hydroxylation is 1. The van der Waals surface area contributed by atoms with Crippen LogP contribution in [0.4, 0.5) is 0 Å². The molecule has 4 aromatic rings. The molecule has 0 aliphatic heterocycles. The third-order valence-corrected chi connectivity index (χ3v) is 4.51. The number of methoxy groups -OCH3 is 1. The van der Waals surface area contributed by atoms with E-state index in [1.54, 1.807) is 18.7 Å². The second kappa shape index (κ2) is 8.09. The van der Waals surface area contributed by atoms with Crippen LogP contribution < -0.4 is 10.1 Å². The normalized spacial score (nSPS) is 12.1. The van der Waals surface area contributed by atoms with Gasteiger partial charge in [-0.3, -0.25) is 4.79 Å². The number of nitrogens with one attached hydrogen (secondary N) is 1. The number of benzene rings is 2. The van der Waals surface area contributed by atoms with Gasteiger partial charge in [-0.25, -0.2) is 4.68 Å². The average Bonchev–Trinajstić information content (AvgIpc) is 3.40. The first-order valence-electron chi connectivity index (χ1n) is 9.19. The maximum absolute atomic E-state index is 12.3. The third kappa shape index (κ3) is 4.08. The van der Waals surface area contributed by atoms with Gasteiger partial charge in [0.05, 0.1) is 19.2 Å². The molecule has 2 heterocycles. The minimum Gasteiger partial charge on any atom is -0.497 e. The number of aromatic nitrogens is 5. The van der Waals surface area contributed by atoms with Gasteiger partial charge in [-0.2, -0.15) is 4.98 Å². The van der Waals surface area contributed by atoms with Gasteiger partial charge in [0, 0.05) is 12.0 Å². The van der Waals surface area contributed by atoms with E-state index in [-0.39, 0.29) is 12.3 Å². The van der Waals surface area contributed by atoms with Crippen LogP contribution in [0.1, 0.15) is 25.3 Å². The molecule has 0 saturated carbocycles. The molecule has 0 bridgehead atoms. The van der Waals surface area contributed by atoms with Crippen molar-refractivity contribution < 1.29 is 14.1 Å². The molecule has 148 valence electrons. The van der Waals surface area contributed by atoms with Crippen molar-refractivity contribution in [1.29, 1.82) is 0 Å². The molecule has 0 saturated heterocycles. The predicted molar refractivity (Wildman–Crippen MR) is 105 cm³/mol. The van der Waals surface area contributed by atoms with Gasteiger partial charge >= 0.3 is 0 Å². The summed E-state index contributed by atoms with van der Waals surface area (Å²) >= 11 is 0. The first-order valence-corrected chi connectivity index (χ1v) is 9.19. The van der Waals surface area contributed by atoms with Crippen LogP contribution in [0.5, 0.6) is 5.75 Å². The van der Waals surface area contributed by atoms with Crippen LogP contribution in [-0.4, -0.2) is 38.2 Å². The van der Waals surface area contributed by atoms with Crippen molar-refractivity contribution in [3.63, 3.8) is 0 Å². The molecular weight excluding hydrogens is 372 g/mol. The van der Waals surface area contributed by atoms with Gasteiger partial charge in [-0.15, -0.1) is 5.10 Å². The molecule has 1 N–H and O–H groups in total. The predicted octanol–water partition coefficient (Wildman–Crippen LogP) is 2.76. The minimum absolute atomic E-state index is 0.138. The fourth-order valence-corrected chi connectivity index (χ4v) is 2.93. The summed E-state index contributed by atoms with van der Waals surface area (Å²) in [6.45, 7) is 2.23. The van der Waals surface area contributed by atoms with Gasteiger partial charge in [0.1, 0.15) is 17.3 Å². The number of ether oxygens (including phenoxy) is 1. The van der Waals surface area contributed by atoms with Crippen LogP contribution in [0.3, 0.4) is 0 Å². The molecule has 0 spiro atoms. The molecule has 1 amide bonds.